The smallest absolute Gasteiger partial charge is 0.314 e. The molecule has 0 bridgehead atoms. The Kier molecular flexibility index (Phi) is 4.95. The van der Waals surface area contributed by atoms with Gasteiger partial charge in [-0.05, 0) is 26.7 Å². The highest BCUT2D eigenvalue weighted by Crippen LogP contribution is 2.16. The predicted octanol–water partition coefficient (Wildman–Crippen LogP) is -0.109. The van der Waals surface area contributed by atoms with Gasteiger partial charge in [-0.25, -0.2) is 4.79 Å². The molecule has 3 amide bonds. The quantitative estimate of drug-likeness (QED) is 0.656. The molecule has 1 rings (SSSR count). The fourth-order valence-electron chi connectivity index (χ4n) is 2.12. The van der Waals surface area contributed by atoms with Crippen LogP contribution in [-0.2, 0) is 4.79 Å². The Morgan fingerprint density at radius 3 is 2.33 bits per heavy atom. The summed E-state index contributed by atoms with van der Waals surface area (Å²) < 4.78 is 0. The fourth-order valence-corrected chi connectivity index (χ4v) is 2.12. The molecule has 0 radical (unpaired) electrons. The summed E-state index contributed by atoms with van der Waals surface area (Å²) in [5.41, 5.74) is 4.81. The maximum atomic E-state index is 11.6. The highest BCUT2D eigenvalue weighted by molar-refractivity contribution is 5.81. The Morgan fingerprint density at radius 1 is 1.33 bits per heavy atom. The first-order valence-corrected chi connectivity index (χ1v) is 6.37. The molecular formula is C12H24N4O2. The van der Waals surface area contributed by atoms with Crippen molar-refractivity contribution in [3.63, 3.8) is 0 Å². The van der Waals surface area contributed by atoms with Gasteiger partial charge in [-0.1, -0.05) is 0 Å². The molecule has 0 aromatic heterocycles. The zero-order valence-electron chi connectivity index (χ0n) is 11.5. The van der Waals surface area contributed by atoms with Gasteiger partial charge in [0.1, 0.15) is 0 Å². The first kappa shape index (κ1) is 14.8. The van der Waals surface area contributed by atoms with Crippen LogP contribution in [0.1, 0.15) is 26.7 Å². The molecule has 6 nitrogen and oxygen atoms in total. The predicted molar refractivity (Wildman–Crippen MR) is 70.0 cm³/mol. The number of amides is 3. The van der Waals surface area contributed by atoms with Gasteiger partial charge in [0.2, 0.25) is 5.91 Å². The van der Waals surface area contributed by atoms with Gasteiger partial charge < -0.3 is 21.3 Å². The van der Waals surface area contributed by atoms with E-state index in [2.05, 4.69) is 10.6 Å². The van der Waals surface area contributed by atoms with Crippen LogP contribution < -0.4 is 16.4 Å². The minimum absolute atomic E-state index is 0.0320. The van der Waals surface area contributed by atoms with E-state index in [0.29, 0.717) is 25.7 Å². The number of primary amides is 1. The van der Waals surface area contributed by atoms with Crippen LogP contribution in [0.5, 0.6) is 0 Å². The fraction of sp³-hybridized carbons (Fsp3) is 0.833. The Morgan fingerprint density at radius 2 is 1.89 bits per heavy atom. The third-order valence-corrected chi connectivity index (χ3v) is 3.48. The lowest BCUT2D eigenvalue weighted by Crippen LogP contribution is -2.50. The molecule has 1 aliphatic rings. The number of nitrogens with zero attached hydrogens (tertiary/aromatic N) is 1. The number of hydrogen-bond acceptors (Lipinski definition) is 3. The highest BCUT2D eigenvalue weighted by atomic mass is 16.2. The van der Waals surface area contributed by atoms with Crippen LogP contribution in [0, 0.1) is 5.41 Å². The largest absolute Gasteiger partial charge is 0.359 e. The van der Waals surface area contributed by atoms with Crippen LogP contribution >= 0.6 is 0 Å². The molecule has 0 spiro atoms. The zero-order chi connectivity index (χ0) is 13.8. The number of carbonyl (C=O) groups excluding carboxylic acids is 2. The average molecular weight is 256 g/mol. The van der Waals surface area contributed by atoms with Gasteiger partial charge in [0.05, 0.1) is 5.41 Å². The third kappa shape index (κ3) is 3.87. The van der Waals surface area contributed by atoms with E-state index in [1.165, 1.54) is 0 Å². The lowest BCUT2D eigenvalue weighted by molar-refractivity contribution is -0.128. The molecule has 0 saturated carbocycles. The van der Waals surface area contributed by atoms with Gasteiger partial charge in [-0.3, -0.25) is 4.79 Å². The number of rotatable bonds is 4. The number of piperidine rings is 1. The molecule has 104 valence electrons. The average Bonchev–Trinajstić information content (AvgIpc) is 2.35. The van der Waals surface area contributed by atoms with E-state index in [-0.39, 0.29) is 11.9 Å². The highest BCUT2D eigenvalue weighted by Gasteiger charge is 2.28. The SMILES string of the molecule is CNC(=O)C(C)(C)CNC1CCN(C(N)=O)CC1. The molecule has 0 aromatic rings. The van der Waals surface area contributed by atoms with Crippen molar-refractivity contribution in [1.29, 1.82) is 0 Å². The minimum atomic E-state index is -0.421. The summed E-state index contributed by atoms with van der Waals surface area (Å²) in [5, 5.41) is 6.06. The summed E-state index contributed by atoms with van der Waals surface area (Å²) in [4.78, 5) is 24.3. The van der Waals surface area contributed by atoms with Crippen molar-refractivity contribution < 1.29 is 9.59 Å². The molecule has 6 heteroatoms. The zero-order valence-corrected chi connectivity index (χ0v) is 11.5. The Labute approximate surface area is 108 Å². The molecule has 1 aliphatic heterocycles. The normalized spacial score (nSPS) is 17.6. The van der Waals surface area contributed by atoms with Crippen molar-refractivity contribution >= 4 is 11.9 Å². The molecular weight excluding hydrogens is 232 g/mol. The summed E-state index contributed by atoms with van der Waals surface area (Å²) in [6, 6.07) is 0.00340. The minimum Gasteiger partial charge on any atom is -0.359 e. The standard InChI is InChI=1S/C12H24N4O2/c1-12(2,10(17)14-3)8-15-9-4-6-16(7-5-9)11(13)18/h9,15H,4-8H2,1-3H3,(H2,13,18)(H,14,17). The molecule has 4 N–H and O–H groups in total. The van der Waals surface area contributed by atoms with Gasteiger partial charge in [0, 0.05) is 32.7 Å². The van der Waals surface area contributed by atoms with Crippen molar-refractivity contribution in [3.05, 3.63) is 0 Å². The van der Waals surface area contributed by atoms with E-state index in [1.807, 2.05) is 13.8 Å². The maximum Gasteiger partial charge on any atom is 0.314 e. The summed E-state index contributed by atoms with van der Waals surface area (Å²) in [5.74, 6) is 0.0320. The van der Waals surface area contributed by atoms with Crippen molar-refractivity contribution in [2.24, 2.45) is 11.1 Å². The second-order valence-corrected chi connectivity index (χ2v) is 5.44. The topological polar surface area (TPSA) is 87.5 Å². The maximum absolute atomic E-state index is 11.6. The van der Waals surface area contributed by atoms with Crippen LogP contribution in [0.3, 0.4) is 0 Å². The van der Waals surface area contributed by atoms with Gasteiger partial charge in [0.25, 0.3) is 0 Å². The molecule has 0 aromatic carbocycles. The van der Waals surface area contributed by atoms with Gasteiger partial charge >= 0.3 is 6.03 Å². The van der Waals surface area contributed by atoms with Crippen molar-refractivity contribution in [3.8, 4) is 0 Å². The first-order valence-electron chi connectivity index (χ1n) is 6.37. The molecule has 18 heavy (non-hydrogen) atoms. The molecule has 1 heterocycles. The van der Waals surface area contributed by atoms with E-state index < -0.39 is 5.41 Å². The Balaban J connectivity index is 2.34. The summed E-state index contributed by atoms with van der Waals surface area (Å²) in [6.45, 7) is 5.84. The van der Waals surface area contributed by atoms with Crippen molar-refractivity contribution in [2.45, 2.75) is 32.7 Å². The third-order valence-electron chi connectivity index (χ3n) is 3.48. The van der Waals surface area contributed by atoms with Crippen LogP contribution in [0.15, 0.2) is 0 Å². The van der Waals surface area contributed by atoms with Gasteiger partial charge in [0.15, 0.2) is 0 Å². The van der Waals surface area contributed by atoms with Crippen LogP contribution in [-0.4, -0.2) is 49.6 Å². The number of nitrogens with one attached hydrogen (secondary N) is 2. The summed E-state index contributed by atoms with van der Waals surface area (Å²) in [7, 11) is 1.65. The lowest BCUT2D eigenvalue weighted by atomic mass is 9.91. The van der Waals surface area contributed by atoms with E-state index in [0.717, 1.165) is 12.8 Å². The van der Waals surface area contributed by atoms with E-state index >= 15 is 0 Å². The number of likely N-dealkylation sites (tertiary alicyclic amines) is 1. The number of urea groups is 1. The number of nitrogens with two attached hydrogens (primary N) is 1. The summed E-state index contributed by atoms with van der Waals surface area (Å²) in [6.07, 6.45) is 1.76. The van der Waals surface area contributed by atoms with Crippen molar-refractivity contribution in [1.82, 2.24) is 15.5 Å². The molecule has 1 fully saturated rings. The van der Waals surface area contributed by atoms with Crippen LogP contribution in [0.2, 0.25) is 0 Å². The number of carbonyl (C=O) groups is 2. The second kappa shape index (κ2) is 6.04. The Bertz CT molecular complexity index is 309. The second-order valence-electron chi connectivity index (χ2n) is 5.44. The van der Waals surface area contributed by atoms with E-state index in [9.17, 15) is 9.59 Å². The summed E-state index contributed by atoms with van der Waals surface area (Å²) >= 11 is 0. The monoisotopic (exact) mass is 256 g/mol. The van der Waals surface area contributed by atoms with Crippen LogP contribution in [0.4, 0.5) is 4.79 Å². The Hall–Kier alpha value is -1.30. The molecule has 1 saturated heterocycles. The number of hydrogen-bond donors (Lipinski definition) is 3. The van der Waals surface area contributed by atoms with Crippen LogP contribution in [0.25, 0.3) is 0 Å². The molecule has 0 unspecified atom stereocenters. The first-order chi connectivity index (χ1) is 8.36. The van der Waals surface area contributed by atoms with E-state index in [4.69, 9.17) is 5.73 Å². The molecule has 0 aliphatic carbocycles. The van der Waals surface area contributed by atoms with Crippen molar-refractivity contribution in [2.75, 3.05) is 26.7 Å². The van der Waals surface area contributed by atoms with Gasteiger partial charge in [-0.15, -0.1) is 0 Å². The molecule has 0 atom stereocenters. The van der Waals surface area contributed by atoms with E-state index in [1.54, 1.807) is 11.9 Å². The van der Waals surface area contributed by atoms with Gasteiger partial charge in [-0.2, -0.15) is 0 Å². The lowest BCUT2D eigenvalue weighted by Gasteiger charge is -2.33.